The second-order valence-corrected chi connectivity index (χ2v) is 8.77. The first kappa shape index (κ1) is 24.0. The van der Waals surface area contributed by atoms with Crippen molar-refractivity contribution in [2.75, 3.05) is 11.9 Å². The van der Waals surface area contributed by atoms with E-state index in [0.29, 0.717) is 15.7 Å². The lowest BCUT2D eigenvalue weighted by Crippen LogP contribution is -2.45. The van der Waals surface area contributed by atoms with Crippen molar-refractivity contribution in [2.45, 2.75) is 18.4 Å². The summed E-state index contributed by atoms with van der Waals surface area (Å²) < 4.78 is 5.88. The molecule has 1 aliphatic rings. The highest BCUT2D eigenvalue weighted by atomic mass is 79.9. The normalized spacial score (nSPS) is 12.6. The Morgan fingerprint density at radius 2 is 1.66 bits per heavy atom. The topological polar surface area (TPSA) is 129 Å². The molecule has 0 saturated carbocycles. The molecule has 1 aliphatic carbocycles. The summed E-state index contributed by atoms with van der Waals surface area (Å²) in [5, 5.41) is 23.1. The summed E-state index contributed by atoms with van der Waals surface area (Å²) in [5.74, 6) is -2.16. The molecule has 3 N–H and O–H groups in total. The average molecular weight is 534 g/mol. The number of carboxylic acids is 1. The summed E-state index contributed by atoms with van der Waals surface area (Å²) in [6, 6.07) is 20.9. The van der Waals surface area contributed by atoms with Gasteiger partial charge in [0.25, 0.3) is 0 Å². The van der Waals surface area contributed by atoms with E-state index < -0.39 is 30.4 Å². The third kappa shape index (κ3) is 5.34. The molecule has 4 rings (SSSR count). The van der Waals surface area contributed by atoms with Crippen LogP contribution in [0.3, 0.4) is 0 Å². The number of alkyl carbamates (subject to hydrolysis) is 1. The summed E-state index contributed by atoms with van der Waals surface area (Å²) in [6.45, 7) is 0.0302. The van der Waals surface area contributed by atoms with E-state index in [1.165, 1.54) is 18.2 Å². The van der Waals surface area contributed by atoms with Gasteiger partial charge in [0.05, 0.1) is 23.7 Å². The predicted octanol–water partition coefficient (Wildman–Crippen LogP) is 4.64. The minimum Gasteiger partial charge on any atom is -0.481 e. The Morgan fingerprint density at radius 1 is 1.03 bits per heavy atom. The molecule has 0 radical (unpaired) electrons. The molecule has 0 aromatic heterocycles. The molecule has 3 aromatic carbocycles. The van der Waals surface area contributed by atoms with Crippen molar-refractivity contribution >= 4 is 39.6 Å². The van der Waals surface area contributed by atoms with Crippen LogP contribution in [-0.2, 0) is 14.3 Å². The van der Waals surface area contributed by atoms with Crippen molar-refractivity contribution in [1.29, 1.82) is 5.26 Å². The third-order valence-corrected chi connectivity index (χ3v) is 6.34. The highest BCUT2D eigenvalue weighted by Gasteiger charge is 2.30. The van der Waals surface area contributed by atoms with Gasteiger partial charge < -0.3 is 20.5 Å². The molecule has 176 valence electrons. The fourth-order valence-corrected chi connectivity index (χ4v) is 4.55. The van der Waals surface area contributed by atoms with E-state index in [2.05, 4.69) is 26.6 Å². The number of aliphatic carboxylic acids is 1. The van der Waals surface area contributed by atoms with Gasteiger partial charge in [0.1, 0.15) is 12.6 Å². The molecule has 1 atom stereocenters. The molecule has 0 spiro atoms. The van der Waals surface area contributed by atoms with Crippen LogP contribution in [0.25, 0.3) is 11.1 Å². The number of nitrogens with one attached hydrogen (secondary N) is 2. The number of carbonyl (C=O) groups excluding carboxylic acids is 2. The SMILES string of the molecule is N#Cc1ccc(NC(=O)C(CC(=O)O)NC(=O)OCC2c3ccccc3-c3ccccc32)c(Br)c1. The molecule has 1 unspecified atom stereocenters. The van der Waals surface area contributed by atoms with E-state index in [0.717, 1.165) is 22.3 Å². The number of nitriles is 1. The Hall–Kier alpha value is -4.16. The lowest BCUT2D eigenvalue weighted by atomic mass is 9.98. The highest BCUT2D eigenvalue weighted by Crippen LogP contribution is 2.44. The maximum absolute atomic E-state index is 12.7. The quantitative estimate of drug-likeness (QED) is 0.405. The van der Waals surface area contributed by atoms with Gasteiger partial charge in [-0.15, -0.1) is 0 Å². The van der Waals surface area contributed by atoms with E-state index in [-0.39, 0.29) is 12.5 Å². The van der Waals surface area contributed by atoms with Gasteiger partial charge in [0.2, 0.25) is 5.91 Å². The molecule has 3 aromatic rings. The third-order valence-electron chi connectivity index (χ3n) is 5.69. The zero-order valence-corrected chi connectivity index (χ0v) is 19.9. The molecule has 35 heavy (non-hydrogen) atoms. The number of rotatable bonds is 7. The van der Waals surface area contributed by atoms with Crippen molar-refractivity contribution in [3.8, 4) is 17.2 Å². The van der Waals surface area contributed by atoms with Gasteiger partial charge in [-0.05, 0) is 56.4 Å². The Bertz CT molecular complexity index is 1310. The van der Waals surface area contributed by atoms with E-state index in [4.69, 9.17) is 10.00 Å². The Morgan fingerprint density at radius 3 is 2.23 bits per heavy atom. The number of carbonyl (C=O) groups is 3. The average Bonchev–Trinajstić information content (AvgIpc) is 3.17. The zero-order valence-electron chi connectivity index (χ0n) is 18.3. The number of halogens is 1. The lowest BCUT2D eigenvalue weighted by Gasteiger charge is -2.19. The zero-order chi connectivity index (χ0) is 24.9. The van der Waals surface area contributed by atoms with Gasteiger partial charge in [-0.1, -0.05) is 48.5 Å². The minimum atomic E-state index is -1.37. The second-order valence-electron chi connectivity index (χ2n) is 7.92. The smallest absolute Gasteiger partial charge is 0.407 e. The van der Waals surface area contributed by atoms with E-state index in [1.54, 1.807) is 0 Å². The largest absolute Gasteiger partial charge is 0.481 e. The first-order chi connectivity index (χ1) is 16.9. The summed E-state index contributed by atoms with van der Waals surface area (Å²) in [5.41, 5.74) is 4.94. The van der Waals surface area contributed by atoms with Crippen LogP contribution in [0, 0.1) is 11.3 Å². The van der Waals surface area contributed by atoms with Crippen molar-refractivity contribution in [1.82, 2.24) is 5.32 Å². The van der Waals surface area contributed by atoms with Gasteiger partial charge in [0.15, 0.2) is 0 Å². The lowest BCUT2D eigenvalue weighted by molar-refractivity contribution is -0.139. The molecular weight excluding hydrogens is 514 g/mol. The highest BCUT2D eigenvalue weighted by molar-refractivity contribution is 9.10. The number of carboxylic acid groups (broad SMARTS) is 1. The van der Waals surface area contributed by atoms with Crippen molar-refractivity contribution in [2.24, 2.45) is 0 Å². The van der Waals surface area contributed by atoms with E-state index >= 15 is 0 Å². The van der Waals surface area contributed by atoms with Crippen molar-refractivity contribution < 1.29 is 24.2 Å². The molecule has 8 nitrogen and oxygen atoms in total. The van der Waals surface area contributed by atoms with Crippen LogP contribution in [0.5, 0.6) is 0 Å². The maximum Gasteiger partial charge on any atom is 0.407 e. The van der Waals surface area contributed by atoms with Gasteiger partial charge in [-0.25, -0.2) is 4.79 Å². The van der Waals surface area contributed by atoms with Gasteiger partial charge in [0, 0.05) is 10.4 Å². The number of nitrogens with zero attached hydrogens (tertiary/aromatic N) is 1. The van der Waals surface area contributed by atoms with Crippen molar-refractivity contribution in [3.05, 3.63) is 87.9 Å². The van der Waals surface area contributed by atoms with Crippen LogP contribution in [0.15, 0.2) is 71.2 Å². The first-order valence-electron chi connectivity index (χ1n) is 10.7. The fourth-order valence-electron chi connectivity index (χ4n) is 4.07. The number of benzene rings is 3. The Balaban J connectivity index is 1.43. The standard InChI is InChI=1S/C26H20BrN3O5/c27-21-11-15(13-28)9-10-22(21)29-25(33)23(12-24(31)32)30-26(34)35-14-20-18-7-3-1-5-16(18)17-6-2-4-8-19(17)20/h1-11,20,23H,12,14H2,(H,29,33)(H,30,34)(H,31,32). The Kier molecular flexibility index (Phi) is 7.13. The Labute approximate surface area is 209 Å². The van der Waals surface area contributed by atoms with E-state index in [9.17, 15) is 19.5 Å². The van der Waals surface area contributed by atoms with Gasteiger partial charge >= 0.3 is 12.1 Å². The van der Waals surface area contributed by atoms with Crippen molar-refractivity contribution in [3.63, 3.8) is 0 Å². The molecule has 0 saturated heterocycles. The van der Waals surface area contributed by atoms with E-state index in [1.807, 2.05) is 54.6 Å². The predicted molar refractivity (Wildman–Crippen MR) is 132 cm³/mol. The summed E-state index contributed by atoms with van der Waals surface area (Å²) in [6.07, 6.45) is -1.53. The summed E-state index contributed by atoms with van der Waals surface area (Å²) >= 11 is 3.26. The molecule has 0 bridgehead atoms. The molecule has 0 fully saturated rings. The molecular formula is C26H20BrN3O5. The summed E-state index contributed by atoms with van der Waals surface area (Å²) in [4.78, 5) is 36.6. The van der Waals surface area contributed by atoms with Crippen LogP contribution < -0.4 is 10.6 Å². The monoisotopic (exact) mass is 533 g/mol. The van der Waals surface area contributed by atoms with Crippen LogP contribution in [0.2, 0.25) is 0 Å². The number of ether oxygens (including phenoxy) is 1. The first-order valence-corrected chi connectivity index (χ1v) is 11.5. The molecule has 0 heterocycles. The van der Waals surface area contributed by atoms with Crippen LogP contribution in [-0.4, -0.2) is 35.7 Å². The number of hydrogen-bond acceptors (Lipinski definition) is 5. The second kappa shape index (κ2) is 10.4. The number of anilines is 1. The molecule has 9 heteroatoms. The van der Waals surface area contributed by atoms with Crippen LogP contribution in [0.4, 0.5) is 10.5 Å². The van der Waals surface area contributed by atoms with Gasteiger partial charge in [-0.2, -0.15) is 5.26 Å². The maximum atomic E-state index is 12.7. The fraction of sp³-hybridized carbons (Fsp3) is 0.154. The summed E-state index contributed by atoms with van der Waals surface area (Å²) in [7, 11) is 0. The molecule has 2 amide bonds. The number of fused-ring (bicyclic) bond motifs is 3. The molecule has 0 aliphatic heterocycles. The van der Waals surface area contributed by atoms with Crippen LogP contribution in [0.1, 0.15) is 29.0 Å². The van der Waals surface area contributed by atoms with Gasteiger partial charge in [-0.3, -0.25) is 9.59 Å². The number of hydrogen-bond donors (Lipinski definition) is 3. The minimum absolute atomic E-state index is 0.0302. The van der Waals surface area contributed by atoms with Crippen LogP contribution >= 0.6 is 15.9 Å². The number of amides is 2.